The molecular weight excluding hydrogens is 216 g/mol. The lowest BCUT2D eigenvalue weighted by Gasteiger charge is -2.06. The normalized spacial score (nSPS) is 10.8. The number of aromatic nitrogens is 1. The largest absolute Gasteiger partial charge is 0.461 e. The molecule has 0 spiro atoms. The summed E-state index contributed by atoms with van der Waals surface area (Å²) in [5, 5.41) is 1.00. The van der Waals surface area contributed by atoms with E-state index in [0.29, 0.717) is 12.3 Å². The van der Waals surface area contributed by atoms with Gasteiger partial charge in [-0.05, 0) is 31.5 Å². The standard InChI is InChI=1S/C13H16N2O2/c1-4-17-13(16)11-7-9-5-6-10(14)8(2)12(9)15(11)3/h5-7H,4,14H2,1-3H3. The Balaban J connectivity index is 2.65. The Morgan fingerprint density at radius 2 is 2.18 bits per heavy atom. The number of hydrogen-bond acceptors (Lipinski definition) is 3. The zero-order valence-electron chi connectivity index (χ0n) is 10.3. The van der Waals surface area contributed by atoms with Crippen LogP contribution < -0.4 is 5.73 Å². The summed E-state index contributed by atoms with van der Waals surface area (Å²) >= 11 is 0. The smallest absolute Gasteiger partial charge is 0.354 e. The molecule has 0 saturated carbocycles. The summed E-state index contributed by atoms with van der Waals surface area (Å²) in [6.45, 7) is 4.12. The molecule has 4 nitrogen and oxygen atoms in total. The van der Waals surface area contributed by atoms with Gasteiger partial charge in [-0.1, -0.05) is 6.07 Å². The van der Waals surface area contributed by atoms with E-state index in [0.717, 1.165) is 22.2 Å². The number of nitrogens with zero attached hydrogens (tertiary/aromatic N) is 1. The van der Waals surface area contributed by atoms with Crippen molar-refractivity contribution in [1.82, 2.24) is 4.57 Å². The molecule has 2 N–H and O–H groups in total. The van der Waals surface area contributed by atoms with Crippen LogP contribution in [-0.4, -0.2) is 17.1 Å². The first-order valence-electron chi connectivity index (χ1n) is 5.58. The quantitative estimate of drug-likeness (QED) is 0.638. The molecule has 0 saturated heterocycles. The molecule has 0 aliphatic carbocycles. The van der Waals surface area contributed by atoms with Crippen molar-refractivity contribution in [3.8, 4) is 0 Å². The number of aryl methyl sites for hydroxylation is 2. The van der Waals surface area contributed by atoms with Crippen molar-refractivity contribution >= 4 is 22.6 Å². The lowest BCUT2D eigenvalue weighted by atomic mass is 10.1. The summed E-state index contributed by atoms with van der Waals surface area (Å²) in [6.07, 6.45) is 0. The van der Waals surface area contributed by atoms with Crippen LogP contribution >= 0.6 is 0 Å². The summed E-state index contributed by atoms with van der Waals surface area (Å²) in [5.41, 5.74) is 9.12. The van der Waals surface area contributed by atoms with E-state index in [1.807, 2.05) is 36.7 Å². The van der Waals surface area contributed by atoms with Gasteiger partial charge in [-0.15, -0.1) is 0 Å². The summed E-state index contributed by atoms with van der Waals surface area (Å²) in [7, 11) is 1.85. The number of carbonyl (C=O) groups excluding carboxylic acids is 1. The second-order valence-corrected chi connectivity index (χ2v) is 4.03. The number of hydrogen-bond donors (Lipinski definition) is 1. The number of ether oxygens (including phenoxy) is 1. The number of benzene rings is 1. The first-order valence-corrected chi connectivity index (χ1v) is 5.58. The van der Waals surface area contributed by atoms with Crippen LogP contribution in [0.3, 0.4) is 0 Å². The molecule has 2 aromatic rings. The van der Waals surface area contributed by atoms with Crippen molar-refractivity contribution in [3.63, 3.8) is 0 Å². The van der Waals surface area contributed by atoms with Gasteiger partial charge in [0.2, 0.25) is 0 Å². The monoisotopic (exact) mass is 232 g/mol. The minimum Gasteiger partial charge on any atom is -0.461 e. The molecule has 0 aliphatic heterocycles. The summed E-state index contributed by atoms with van der Waals surface area (Å²) in [5.74, 6) is -0.302. The van der Waals surface area contributed by atoms with Crippen LogP contribution in [0.2, 0.25) is 0 Å². The van der Waals surface area contributed by atoms with Crippen LogP contribution in [0.4, 0.5) is 5.69 Å². The maximum Gasteiger partial charge on any atom is 0.354 e. The van der Waals surface area contributed by atoms with Gasteiger partial charge in [-0.3, -0.25) is 0 Å². The van der Waals surface area contributed by atoms with E-state index in [1.54, 1.807) is 6.92 Å². The maximum atomic E-state index is 11.8. The zero-order valence-corrected chi connectivity index (χ0v) is 10.3. The lowest BCUT2D eigenvalue weighted by molar-refractivity contribution is 0.0516. The van der Waals surface area contributed by atoms with Gasteiger partial charge >= 0.3 is 5.97 Å². The van der Waals surface area contributed by atoms with Crippen LogP contribution in [0.5, 0.6) is 0 Å². The molecule has 1 heterocycles. The SMILES string of the molecule is CCOC(=O)c1cc2ccc(N)c(C)c2n1C. The molecule has 0 bridgehead atoms. The van der Waals surface area contributed by atoms with Gasteiger partial charge in [0.1, 0.15) is 5.69 Å². The predicted molar refractivity (Wildman–Crippen MR) is 68.0 cm³/mol. The van der Waals surface area contributed by atoms with E-state index in [1.165, 1.54) is 0 Å². The summed E-state index contributed by atoms with van der Waals surface area (Å²) < 4.78 is 6.85. The number of esters is 1. The number of anilines is 1. The van der Waals surface area contributed by atoms with Gasteiger partial charge in [0, 0.05) is 18.1 Å². The molecule has 0 radical (unpaired) electrons. The van der Waals surface area contributed by atoms with E-state index in [2.05, 4.69) is 0 Å². The van der Waals surface area contributed by atoms with Crippen molar-refractivity contribution in [3.05, 3.63) is 29.5 Å². The molecular formula is C13H16N2O2. The highest BCUT2D eigenvalue weighted by Crippen LogP contribution is 2.26. The summed E-state index contributed by atoms with van der Waals surface area (Å²) in [4.78, 5) is 11.8. The van der Waals surface area contributed by atoms with Crippen molar-refractivity contribution in [2.45, 2.75) is 13.8 Å². The van der Waals surface area contributed by atoms with Crippen molar-refractivity contribution in [2.24, 2.45) is 7.05 Å². The van der Waals surface area contributed by atoms with Gasteiger partial charge in [-0.2, -0.15) is 0 Å². The molecule has 0 atom stereocenters. The summed E-state index contributed by atoms with van der Waals surface area (Å²) in [6, 6.07) is 5.60. The van der Waals surface area contributed by atoms with Crippen molar-refractivity contribution in [2.75, 3.05) is 12.3 Å². The van der Waals surface area contributed by atoms with E-state index in [9.17, 15) is 4.79 Å². The fraction of sp³-hybridized carbons (Fsp3) is 0.308. The zero-order chi connectivity index (χ0) is 12.6. The molecule has 0 fully saturated rings. The number of carbonyl (C=O) groups is 1. The average Bonchev–Trinajstić information content (AvgIpc) is 2.62. The van der Waals surface area contributed by atoms with Crippen LogP contribution in [0.15, 0.2) is 18.2 Å². The fourth-order valence-corrected chi connectivity index (χ4v) is 2.06. The second-order valence-electron chi connectivity index (χ2n) is 4.03. The highest BCUT2D eigenvalue weighted by Gasteiger charge is 2.15. The van der Waals surface area contributed by atoms with E-state index in [-0.39, 0.29) is 5.97 Å². The first-order chi connectivity index (χ1) is 8.06. The molecule has 1 aromatic heterocycles. The van der Waals surface area contributed by atoms with Crippen LogP contribution in [0, 0.1) is 6.92 Å². The number of fused-ring (bicyclic) bond motifs is 1. The highest BCUT2D eigenvalue weighted by molar-refractivity contribution is 5.97. The van der Waals surface area contributed by atoms with Gasteiger partial charge in [0.25, 0.3) is 0 Å². The number of nitrogens with two attached hydrogens (primary N) is 1. The van der Waals surface area contributed by atoms with Gasteiger partial charge < -0.3 is 15.0 Å². The Morgan fingerprint density at radius 3 is 2.82 bits per heavy atom. The Hall–Kier alpha value is -1.97. The topological polar surface area (TPSA) is 57.2 Å². The third kappa shape index (κ3) is 1.75. The molecule has 0 amide bonds. The molecule has 0 aliphatic rings. The van der Waals surface area contributed by atoms with Crippen LogP contribution in [0.1, 0.15) is 23.0 Å². The third-order valence-corrected chi connectivity index (χ3v) is 2.98. The van der Waals surface area contributed by atoms with Gasteiger partial charge in [0.05, 0.1) is 12.1 Å². The minimum atomic E-state index is -0.302. The molecule has 1 aromatic carbocycles. The molecule has 90 valence electrons. The van der Waals surface area contributed by atoms with Crippen molar-refractivity contribution < 1.29 is 9.53 Å². The fourth-order valence-electron chi connectivity index (χ4n) is 2.06. The Morgan fingerprint density at radius 1 is 1.47 bits per heavy atom. The van der Waals surface area contributed by atoms with E-state index < -0.39 is 0 Å². The number of rotatable bonds is 2. The van der Waals surface area contributed by atoms with E-state index in [4.69, 9.17) is 10.5 Å². The lowest BCUT2D eigenvalue weighted by Crippen LogP contribution is -2.09. The second kappa shape index (κ2) is 4.13. The molecule has 17 heavy (non-hydrogen) atoms. The number of nitrogen functional groups attached to an aromatic ring is 1. The molecule has 2 rings (SSSR count). The predicted octanol–water partition coefficient (Wildman–Crippen LogP) is 2.25. The van der Waals surface area contributed by atoms with Gasteiger partial charge in [0.15, 0.2) is 0 Å². The minimum absolute atomic E-state index is 0.302. The maximum absolute atomic E-state index is 11.8. The van der Waals surface area contributed by atoms with Crippen molar-refractivity contribution in [1.29, 1.82) is 0 Å². The van der Waals surface area contributed by atoms with Crippen LogP contribution in [-0.2, 0) is 11.8 Å². The Labute approximate surface area is 100.0 Å². The van der Waals surface area contributed by atoms with Crippen LogP contribution in [0.25, 0.3) is 10.9 Å². The highest BCUT2D eigenvalue weighted by atomic mass is 16.5. The Bertz CT molecular complexity index is 585. The van der Waals surface area contributed by atoms with E-state index >= 15 is 0 Å². The third-order valence-electron chi connectivity index (χ3n) is 2.98. The Kier molecular flexibility index (Phi) is 2.79. The first kappa shape index (κ1) is 11.5. The molecule has 4 heteroatoms. The van der Waals surface area contributed by atoms with Gasteiger partial charge in [-0.25, -0.2) is 4.79 Å². The molecule has 0 unspecified atom stereocenters. The average molecular weight is 232 g/mol.